The number of sulfonamides is 1. The molecule has 0 bridgehead atoms. The lowest BCUT2D eigenvalue weighted by atomic mass is 10.1. The molecule has 0 saturated carbocycles. The fourth-order valence-corrected chi connectivity index (χ4v) is 3.61. The van der Waals surface area contributed by atoms with E-state index in [9.17, 15) is 18.0 Å². The molecule has 1 saturated heterocycles. The first-order chi connectivity index (χ1) is 9.94. The number of H-pyrrole nitrogens is 1. The number of fused-ring (bicyclic) bond motifs is 1. The van der Waals surface area contributed by atoms with E-state index >= 15 is 0 Å². The second kappa shape index (κ2) is 4.97. The highest BCUT2D eigenvalue weighted by atomic mass is 32.2. The minimum atomic E-state index is -3.33. The van der Waals surface area contributed by atoms with Crippen molar-refractivity contribution >= 4 is 32.4 Å². The van der Waals surface area contributed by atoms with Crippen molar-refractivity contribution in [3.63, 3.8) is 0 Å². The average Bonchev–Trinajstić information content (AvgIpc) is 2.79. The Bertz CT molecular complexity index is 872. The highest BCUT2D eigenvalue weighted by molar-refractivity contribution is 7.89. The summed E-state index contributed by atoms with van der Waals surface area (Å²) >= 11 is 0. The van der Waals surface area contributed by atoms with E-state index in [2.05, 4.69) is 15.0 Å². The van der Waals surface area contributed by atoms with Gasteiger partial charge in [0.2, 0.25) is 15.9 Å². The van der Waals surface area contributed by atoms with Gasteiger partial charge in [0.15, 0.2) is 0 Å². The monoisotopic (exact) mass is 307 g/mol. The lowest BCUT2D eigenvalue weighted by Crippen LogP contribution is -2.37. The molecule has 1 fully saturated rings. The first-order valence-corrected chi connectivity index (χ1v) is 8.02. The third kappa shape index (κ3) is 2.81. The van der Waals surface area contributed by atoms with Crippen molar-refractivity contribution in [2.45, 2.75) is 12.5 Å². The van der Waals surface area contributed by atoms with Gasteiger partial charge in [0.05, 0.1) is 5.75 Å². The Balaban J connectivity index is 1.82. The normalized spacial score (nSPS) is 20.5. The number of anilines is 1. The lowest BCUT2D eigenvalue weighted by Gasteiger charge is -2.10. The summed E-state index contributed by atoms with van der Waals surface area (Å²) < 4.78 is 24.9. The first kappa shape index (κ1) is 13.8. The van der Waals surface area contributed by atoms with Crippen LogP contribution in [0.4, 0.5) is 5.69 Å². The van der Waals surface area contributed by atoms with Gasteiger partial charge >= 0.3 is 0 Å². The molecule has 1 aromatic heterocycles. The molecule has 1 aliphatic heterocycles. The molecular formula is C13H13N3O4S. The Labute approximate surface area is 120 Å². The second-order valence-corrected chi connectivity index (χ2v) is 6.75. The van der Waals surface area contributed by atoms with E-state index in [1.165, 1.54) is 6.20 Å². The minimum Gasteiger partial charge on any atom is -0.329 e. The van der Waals surface area contributed by atoms with E-state index in [1.54, 1.807) is 24.3 Å². The fraction of sp³-hybridized carbons (Fsp3) is 0.231. The lowest BCUT2D eigenvalue weighted by molar-refractivity contribution is -0.117. The van der Waals surface area contributed by atoms with Crippen LogP contribution < -0.4 is 15.6 Å². The molecule has 8 heteroatoms. The summed E-state index contributed by atoms with van der Waals surface area (Å²) in [5.74, 6) is -0.446. The molecule has 1 aromatic carbocycles. The van der Waals surface area contributed by atoms with Crippen LogP contribution in [0, 0.1) is 0 Å². The van der Waals surface area contributed by atoms with Gasteiger partial charge in [0, 0.05) is 17.3 Å². The van der Waals surface area contributed by atoms with Crippen molar-refractivity contribution in [3.8, 4) is 0 Å². The van der Waals surface area contributed by atoms with Gasteiger partial charge in [0.25, 0.3) is 5.56 Å². The molecule has 1 amide bonds. The zero-order valence-electron chi connectivity index (χ0n) is 10.9. The predicted octanol–water partition coefficient (Wildman–Crippen LogP) is 0.158. The van der Waals surface area contributed by atoms with Gasteiger partial charge in [0.1, 0.15) is 6.04 Å². The number of hydrogen-bond acceptors (Lipinski definition) is 4. The van der Waals surface area contributed by atoms with Gasteiger partial charge < -0.3 is 10.3 Å². The van der Waals surface area contributed by atoms with Crippen LogP contribution in [-0.2, 0) is 14.8 Å². The van der Waals surface area contributed by atoms with Gasteiger partial charge in [-0.05, 0) is 36.1 Å². The number of carbonyl (C=O) groups is 1. The molecule has 3 rings (SSSR count). The number of rotatable bonds is 2. The summed E-state index contributed by atoms with van der Waals surface area (Å²) in [6, 6.07) is 5.88. The van der Waals surface area contributed by atoms with Crippen LogP contribution in [0.1, 0.15) is 6.42 Å². The number of amides is 1. The molecule has 1 unspecified atom stereocenters. The molecule has 7 nitrogen and oxygen atoms in total. The standard InChI is InChI=1S/C13H13N3O4S/c17-12-10-2-1-9(7-8(10)3-5-14-12)15-13(18)11-4-6-21(19,20)16-11/h1-3,5,7,11,16H,4,6H2,(H,14,17)(H,15,18). The molecule has 110 valence electrons. The highest BCUT2D eigenvalue weighted by Gasteiger charge is 2.31. The van der Waals surface area contributed by atoms with E-state index in [4.69, 9.17) is 0 Å². The van der Waals surface area contributed by atoms with Crippen molar-refractivity contribution < 1.29 is 13.2 Å². The molecule has 2 heterocycles. The molecular weight excluding hydrogens is 294 g/mol. The number of pyridine rings is 1. The third-order valence-electron chi connectivity index (χ3n) is 3.35. The van der Waals surface area contributed by atoms with Gasteiger partial charge in [-0.2, -0.15) is 0 Å². The Kier molecular flexibility index (Phi) is 3.26. The van der Waals surface area contributed by atoms with E-state index in [-0.39, 0.29) is 17.7 Å². The van der Waals surface area contributed by atoms with Crippen LogP contribution in [0.5, 0.6) is 0 Å². The maximum absolute atomic E-state index is 12.0. The molecule has 0 spiro atoms. The molecule has 21 heavy (non-hydrogen) atoms. The van der Waals surface area contributed by atoms with Gasteiger partial charge in [-0.1, -0.05) is 0 Å². The molecule has 0 aliphatic carbocycles. The van der Waals surface area contributed by atoms with Crippen LogP contribution in [0.25, 0.3) is 10.8 Å². The van der Waals surface area contributed by atoms with Gasteiger partial charge in [-0.15, -0.1) is 0 Å². The molecule has 3 N–H and O–H groups in total. The first-order valence-electron chi connectivity index (χ1n) is 6.37. The summed E-state index contributed by atoms with van der Waals surface area (Å²) in [6.07, 6.45) is 1.78. The van der Waals surface area contributed by atoms with E-state index < -0.39 is 22.0 Å². The van der Waals surface area contributed by atoms with E-state index in [0.29, 0.717) is 16.5 Å². The Morgan fingerprint density at radius 1 is 1.29 bits per heavy atom. The number of aromatic amines is 1. The molecule has 0 radical (unpaired) electrons. The zero-order valence-corrected chi connectivity index (χ0v) is 11.7. The van der Waals surface area contributed by atoms with Crippen LogP contribution in [0.2, 0.25) is 0 Å². The highest BCUT2D eigenvalue weighted by Crippen LogP contribution is 2.17. The smallest absolute Gasteiger partial charge is 0.255 e. The zero-order chi connectivity index (χ0) is 15.0. The molecule has 2 aromatic rings. The van der Waals surface area contributed by atoms with Crippen LogP contribution in [0.15, 0.2) is 35.3 Å². The third-order valence-corrected chi connectivity index (χ3v) is 4.77. The van der Waals surface area contributed by atoms with Crippen molar-refractivity contribution in [2.75, 3.05) is 11.1 Å². The van der Waals surface area contributed by atoms with Crippen molar-refractivity contribution in [1.82, 2.24) is 9.71 Å². The quantitative estimate of drug-likeness (QED) is 0.734. The van der Waals surface area contributed by atoms with E-state index in [0.717, 1.165) is 0 Å². The summed E-state index contributed by atoms with van der Waals surface area (Å²) in [5.41, 5.74) is 0.318. The van der Waals surface area contributed by atoms with Crippen LogP contribution >= 0.6 is 0 Å². The van der Waals surface area contributed by atoms with Crippen molar-refractivity contribution in [1.29, 1.82) is 0 Å². The Morgan fingerprint density at radius 3 is 2.81 bits per heavy atom. The molecule has 1 aliphatic rings. The maximum atomic E-state index is 12.0. The molecule has 1 atom stereocenters. The fourth-order valence-electron chi connectivity index (χ4n) is 2.29. The number of carbonyl (C=O) groups excluding carboxylic acids is 1. The van der Waals surface area contributed by atoms with Crippen LogP contribution in [0.3, 0.4) is 0 Å². The maximum Gasteiger partial charge on any atom is 0.255 e. The second-order valence-electron chi connectivity index (χ2n) is 4.88. The van der Waals surface area contributed by atoms with Gasteiger partial charge in [-0.3, -0.25) is 9.59 Å². The predicted molar refractivity (Wildman–Crippen MR) is 78.5 cm³/mol. The van der Waals surface area contributed by atoms with Gasteiger partial charge in [-0.25, -0.2) is 13.1 Å². The van der Waals surface area contributed by atoms with Crippen molar-refractivity contribution in [3.05, 3.63) is 40.8 Å². The minimum absolute atomic E-state index is 0.0435. The Morgan fingerprint density at radius 2 is 2.10 bits per heavy atom. The summed E-state index contributed by atoms with van der Waals surface area (Å²) in [6.45, 7) is 0. The van der Waals surface area contributed by atoms with Crippen LogP contribution in [-0.4, -0.2) is 31.1 Å². The largest absolute Gasteiger partial charge is 0.329 e. The topological polar surface area (TPSA) is 108 Å². The Hall–Kier alpha value is -2.19. The number of nitrogens with one attached hydrogen (secondary N) is 3. The number of benzene rings is 1. The number of aromatic nitrogens is 1. The van der Waals surface area contributed by atoms with E-state index in [1.807, 2.05) is 0 Å². The summed E-state index contributed by atoms with van der Waals surface area (Å²) in [7, 11) is -3.33. The average molecular weight is 307 g/mol. The summed E-state index contributed by atoms with van der Waals surface area (Å²) in [4.78, 5) is 26.1. The number of hydrogen-bond donors (Lipinski definition) is 3. The van der Waals surface area contributed by atoms with Crippen molar-refractivity contribution in [2.24, 2.45) is 0 Å². The summed E-state index contributed by atoms with van der Waals surface area (Å²) in [5, 5.41) is 3.88. The SMILES string of the molecule is O=C(Nc1ccc2c(=O)[nH]ccc2c1)C1CCS(=O)(=O)N1.